The summed E-state index contributed by atoms with van der Waals surface area (Å²) < 4.78 is 0. The van der Waals surface area contributed by atoms with E-state index in [0.29, 0.717) is 12.1 Å². The predicted octanol–water partition coefficient (Wildman–Crippen LogP) is 2.72. The SMILES string of the molecule is Cc1c(CNOC(C)(C)C)cccc1[N+](=O)[O-]. The van der Waals surface area contributed by atoms with E-state index < -0.39 is 0 Å². The topological polar surface area (TPSA) is 64.4 Å². The molecule has 1 aromatic carbocycles. The van der Waals surface area contributed by atoms with E-state index in [4.69, 9.17) is 4.84 Å². The van der Waals surface area contributed by atoms with Crippen molar-refractivity contribution >= 4 is 5.69 Å². The first-order valence-corrected chi connectivity index (χ1v) is 5.45. The Morgan fingerprint density at radius 1 is 1.41 bits per heavy atom. The summed E-state index contributed by atoms with van der Waals surface area (Å²) in [6.45, 7) is 7.98. The molecule has 0 aliphatic rings. The summed E-state index contributed by atoms with van der Waals surface area (Å²) in [5.41, 5.74) is 4.22. The summed E-state index contributed by atoms with van der Waals surface area (Å²) in [7, 11) is 0. The van der Waals surface area contributed by atoms with Crippen molar-refractivity contribution < 1.29 is 9.76 Å². The average molecular weight is 238 g/mol. The van der Waals surface area contributed by atoms with Crippen LogP contribution >= 0.6 is 0 Å². The molecule has 0 amide bonds. The van der Waals surface area contributed by atoms with E-state index in [-0.39, 0.29) is 16.2 Å². The zero-order valence-electron chi connectivity index (χ0n) is 10.6. The van der Waals surface area contributed by atoms with Crippen LogP contribution in [0.4, 0.5) is 5.69 Å². The van der Waals surface area contributed by atoms with E-state index in [1.54, 1.807) is 13.0 Å². The van der Waals surface area contributed by atoms with Gasteiger partial charge < -0.3 is 0 Å². The molecular weight excluding hydrogens is 220 g/mol. The molecule has 5 heteroatoms. The largest absolute Gasteiger partial charge is 0.296 e. The minimum absolute atomic E-state index is 0.139. The number of hydrogen-bond donors (Lipinski definition) is 1. The molecule has 17 heavy (non-hydrogen) atoms. The second-order valence-corrected chi connectivity index (χ2v) is 4.85. The highest BCUT2D eigenvalue weighted by molar-refractivity contribution is 5.44. The number of nitrogens with one attached hydrogen (secondary N) is 1. The molecule has 0 radical (unpaired) electrons. The summed E-state index contributed by atoms with van der Waals surface area (Å²) in [4.78, 5) is 15.8. The van der Waals surface area contributed by atoms with Gasteiger partial charge in [0.1, 0.15) is 0 Å². The zero-order chi connectivity index (χ0) is 13.1. The molecule has 0 saturated heterocycles. The van der Waals surface area contributed by atoms with Crippen LogP contribution in [0.3, 0.4) is 0 Å². The molecule has 0 fully saturated rings. The molecule has 5 nitrogen and oxygen atoms in total. The number of hydroxylamine groups is 1. The molecular formula is C12H18N2O3. The average Bonchev–Trinajstić information content (AvgIpc) is 2.18. The van der Waals surface area contributed by atoms with E-state index in [1.807, 2.05) is 26.8 Å². The lowest BCUT2D eigenvalue weighted by molar-refractivity contribution is -0.385. The Morgan fingerprint density at radius 3 is 2.59 bits per heavy atom. The van der Waals surface area contributed by atoms with E-state index in [2.05, 4.69) is 5.48 Å². The summed E-state index contributed by atoms with van der Waals surface area (Å²) in [5.74, 6) is 0. The van der Waals surface area contributed by atoms with Gasteiger partial charge in [-0.3, -0.25) is 15.0 Å². The van der Waals surface area contributed by atoms with Crippen LogP contribution in [0.15, 0.2) is 18.2 Å². The van der Waals surface area contributed by atoms with Crippen molar-refractivity contribution in [3.63, 3.8) is 0 Å². The minimum atomic E-state index is -0.372. The van der Waals surface area contributed by atoms with Crippen molar-refractivity contribution in [1.82, 2.24) is 5.48 Å². The molecule has 0 aliphatic heterocycles. The Hall–Kier alpha value is -1.46. The van der Waals surface area contributed by atoms with Crippen LogP contribution in [-0.4, -0.2) is 10.5 Å². The van der Waals surface area contributed by atoms with E-state index in [1.165, 1.54) is 6.07 Å². The van der Waals surface area contributed by atoms with Gasteiger partial charge in [0.05, 0.1) is 10.5 Å². The highest BCUT2D eigenvalue weighted by atomic mass is 16.7. The first kappa shape index (κ1) is 13.6. The zero-order valence-corrected chi connectivity index (χ0v) is 10.6. The number of nitrogens with zero attached hydrogens (tertiary/aromatic N) is 1. The minimum Gasteiger partial charge on any atom is -0.296 e. The van der Waals surface area contributed by atoms with Gasteiger partial charge in [-0.2, -0.15) is 5.48 Å². The maximum Gasteiger partial charge on any atom is 0.272 e. The van der Waals surface area contributed by atoms with Gasteiger partial charge in [0, 0.05) is 18.2 Å². The van der Waals surface area contributed by atoms with Gasteiger partial charge >= 0.3 is 0 Å². The lowest BCUT2D eigenvalue weighted by Gasteiger charge is -2.19. The number of hydrogen-bond acceptors (Lipinski definition) is 4. The molecule has 1 rings (SSSR count). The first-order chi connectivity index (χ1) is 7.81. The van der Waals surface area contributed by atoms with Crippen molar-refractivity contribution in [1.29, 1.82) is 0 Å². The lowest BCUT2D eigenvalue weighted by atomic mass is 10.1. The van der Waals surface area contributed by atoms with Gasteiger partial charge in [-0.15, -0.1) is 0 Å². The Kier molecular flexibility index (Phi) is 4.20. The fourth-order valence-corrected chi connectivity index (χ4v) is 1.39. The molecule has 0 atom stereocenters. The summed E-state index contributed by atoms with van der Waals surface area (Å²) in [6, 6.07) is 5.03. The smallest absolute Gasteiger partial charge is 0.272 e. The Balaban J connectivity index is 2.72. The van der Waals surface area contributed by atoms with Gasteiger partial charge in [-0.1, -0.05) is 12.1 Å². The molecule has 0 saturated carbocycles. The standard InChI is InChI=1S/C12H18N2O3/c1-9-10(8-13-17-12(2,3)4)6-5-7-11(9)14(15)16/h5-7,13H,8H2,1-4H3. The molecule has 0 heterocycles. The van der Waals surface area contributed by atoms with Crippen molar-refractivity contribution in [3.8, 4) is 0 Å². The van der Waals surface area contributed by atoms with Gasteiger partial charge in [0.2, 0.25) is 0 Å². The molecule has 0 aromatic heterocycles. The Morgan fingerprint density at radius 2 is 2.06 bits per heavy atom. The maximum absolute atomic E-state index is 10.8. The highest BCUT2D eigenvalue weighted by Crippen LogP contribution is 2.21. The summed E-state index contributed by atoms with van der Waals surface area (Å²) >= 11 is 0. The molecule has 0 spiro atoms. The van der Waals surface area contributed by atoms with E-state index in [9.17, 15) is 10.1 Å². The molecule has 1 N–H and O–H groups in total. The van der Waals surface area contributed by atoms with Crippen LogP contribution < -0.4 is 5.48 Å². The fourth-order valence-electron chi connectivity index (χ4n) is 1.39. The van der Waals surface area contributed by atoms with Crippen LogP contribution in [-0.2, 0) is 11.4 Å². The summed E-state index contributed by atoms with van der Waals surface area (Å²) in [6.07, 6.45) is 0. The lowest BCUT2D eigenvalue weighted by Crippen LogP contribution is -2.28. The third-order valence-electron chi connectivity index (χ3n) is 2.26. The van der Waals surface area contributed by atoms with Gasteiger partial charge in [-0.05, 0) is 33.3 Å². The third kappa shape index (κ3) is 4.13. The number of benzene rings is 1. The second kappa shape index (κ2) is 5.25. The number of rotatable bonds is 4. The van der Waals surface area contributed by atoms with Crippen LogP contribution in [0.25, 0.3) is 0 Å². The van der Waals surface area contributed by atoms with Gasteiger partial charge in [0.25, 0.3) is 5.69 Å². The van der Waals surface area contributed by atoms with Crippen molar-refractivity contribution in [2.24, 2.45) is 0 Å². The normalized spacial score (nSPS) is 11.5. The van der Waals surface area contributed by atoms with Gasteiger partial charge in [0.15, 0.2) is 0 Å². The van der Waals surface area contributed by atoms with Crippen LogP contribution in [0.1, 0.15) is 31.9 Å². The fraction of sp³-hybridized carbons (Fsp3) is 0.500. The number of nitro benzene ring substituents is 1. The third-order valence-corrected chi connectivity index (χ3v) is 2.26. The number of nitro groups is 1. The highest BCUT2D eigenvalue weighted by Gasteiger charge is 2.14. The first-order valence-electron chi connectivity index (χ1n) is 5.45. The predicted molar refractivity (Wildman–Crippen MR) is 65.5 cm³/mol. The Labute approximate surface area is 101 Å². The van der Waals surface area contributed by atoms with Crippen LogP contribution in [0.2, 0.25) is 0 Å². The molecule has 94 valence electrons. The van der Waals surface area contributed by atoms with Crippen molar-refractivity contribution in [2.45, 2.75) is 39.8 Å². The van der Waals surface area contributed by atoms with Crippen LogP contribution in [0, 0.1) is 17.0 Å². The molecule has 0 bridgehead atoms. The van der Waals surface area contributed by atoms with E-state index >= 15 is 0 Å². The quantitative estimate of drug-likeness (QED) is 0.647. The molecule has 0 aliphatic carbocycles. The maximum atomic E-state index is 10.8. The monoisotopic (exact) mass is 238 g/mol. The Bertz CT molecular complexity index is 411. The van der Waals surface area contributed by atoms with Crippen LogP contribution in [0.5, 0.6) is 0 Å². The van der Waals surface area contributed by atoms with Crippen molar-refractivity contribution in [3.05, 3.63) is 39.4 Å². The second-order valence-electron chi connectivity index (χ2n) is 4.85. The van der Waals surface area contributed by atoms with Crippen molar-refractivity contribution in [2.75, 3.05) is 0 Å². The van der Waals surface area contributed by atoms with E-state index in [0.717, 1.165) is 5.56 Å². The summed E-state index contributed by atoms with van der Waals surface area (Å²) in [5, 5.41) is 10.8. The van der Waals surface area contributed by atoms with Gasteiger partial charge in [-0.25, -0.2) is 0 Å². The molecule has 1 aromatic rings. The molecule has 0 unspecified atom stereocenters.